The Morgan fingerprint density at radius 3 is 2.07 bits per heavy atom. The molecule has 0 aliphatic carbocycles. The molecule has 0 aromatic heterocycles. The van der Waals surface area contributed by atoms with Crippen molar-refractivity contribution in [3.05, 3.63) is 53.1 Å². The summed E-state index contributed by atoms with van der Waals surface area (Å²) in [4.78, 5) is 36.9. The van der Waals surface area contributed by atoms with E-state index >= 15 is 0 Å². The Kier molecular flexibility index (Phi) is 7.00. The minimum absolute atomic E-state index is 0.117. The standard InChI is InChI=1S/C20H21ClN2O5/c1-12(2)18(24)22-15-7-5-13(6-8-15)19(25)27-16-9-14(21)10-17(11-16)28-20(26)23(3)4/h5-12H,1-4H3,(H,22,24). The molecule has 2 rings (SSSR count). The van der Waals surface area contributed by atoms with Crippen molar-refractivity contribution in [2.45, 2.75) is 13.8 Å². The van der Waals surface area contributed by atoms with Gasteiger partial charge in [0.1, 0.15) is 11.5 Å². The van der Waals surface area contributed by atoms with E-state index < -0.39 is 12.1 Å². The van der Waals surface area contributed by atoms with Crippen molar-refractivity contribution in [2.75, 3.05) is 19.4 Å². The summed E-state index contributed by atoms with van der Waals surface area (Å²) in [6, 6.07) is 10.6. The van der Waals surface area contributed by atoms with Crippen molar-refractivity contribution in [1.82, 2.24) is 4.90 Å². The van der Waals surface area contributed by atoms with Gasteiger partial charge in [0.15, 0.2) is 0 Å². The van der Waals surface area contributed by atoms with E-state index in [1.54, 1.807) is 40.1 Å². The van der Waals surface area contributed by atoms with Crippen LogP contribution in [0.2, 0.25) is 5.02 Å². The van der Waals surface area contributed by atoms with E-state index in [9.17, 15) is 14.4 Å². The number of hydrogen-bond donors (Lipinski definition) is 1. The molecule has 7 nitrogen and oxygen atoms in total. The van der Waals surface area contributed by atoms with Crippen molar-refractivity contribution in [1.29, 1.82) is 0 Å². The third-order valence-electron chi connectivity index (χ3n) is 3.54. The highest BCUT2D eigenvalue weighted by Gasteiger charge is 2.13. The molecule has 2 amide bonds. The molecule has 0 saturated carbocycles. The Morgan fingerprint density at radius 1 is 0.964 bits per heavy atom. The van der Waals surface area contributed by atoms with Gasteiger partial charge in [0.25, 0.3) is 0 Å². The van der Waals surface area contributed by atoms with Crippen LogP contribution in [0.25, 0.3) is 0 Å². The summed E-state index contributed by atoms with van der Waals surface area (Å²) < 4.78 is 10.4. The second-order valence-electron chi connectivity index (χ2n) is 6.50. The van der Waals surface area contributed by atoms with E-state index in [2.05, 4.69) is 5.32 Å². The highest BCUT2D eigenvalue weighted by atomic mass is 35.5. The summed E-state index contributed by atoms with van der Waals surface area (Å²) in [6.45, 7) is 3.58. The average molecular weight is 405 g/mol. The molecule has 0 saturated heterocycles. The fourth-order valence-corrected chi connectivity index (χ4v) is 2.20. The van der Waals surface area contributed by atoms with Crippen LogP contribution in [-0.2, 0) is 4.79 Å². The number of carbonyl (C=O) groups excluding carboxylic acids is 3. The smallest absolute Gasteiger partial charge is 0.414 e. The Hall–Kier alpha value is -3.06. The summed E-state index contributed by atoms with van der Waals surface area (Å²) >= 11 is 6.00. The number of nitrogens with one attached hydrogen (secondary N) is 1. The van der Waals surface area contributed by atoms with Gasteiger partial charge in [-0.25, -0.2) is 9.59 Å². The zero-order valence-electron chi connectivity index (χ0n) is 16.0. The first kappa shape index (κ1) is 21.2. The highest BCUT2D eigenvalue weighted by Crippen LogP contribution is 2.27. The van der Waals surface area contributed by atoms with Crippen LogP contribution in [0.4, 0.5) is 10.5 Å². The zero-order valence-corrected chi connectivity index (χ0v) is 16.7. The molecule has 0 bridgehead atoms. The van der Waals surface area contributed by atoms with Crippen LogP contribution in [0.1, 0.15) is 24.2 Å². The maximum Gasteiger partial charge on any atom is 0.414 e. The maximum absolute atomic E-state index is 12.3. The number of carbonyl (C=O) groups is 3. The molecule has 2 aromatic rings. The number of hydrogen-bond acceptors (Lipinski definition) is 5. The number of anilines is 1. The lowest BCUT2D eigenvalue weighted by Crippen LogP contribution is -2.25. The van der Waals surface area contributed by atoms with Crippen molar-refractivity contribution in [2.24, 2.45) is 5.92 Å². The molecule has 8 heteroatoms. The van der Waals surface area contributed by atoms with E-state index in [1.165, 1.54) is 35.2 Å². The molecule has 148 valence electrons. The Labute approximate surface area is 168 Å². The number of ether oxygens (including phenoxy) is 2. The quantitative estimate of drug-likeness (QED) is 0.595. The Morgan fingerprint density at radius 2 is 1.54 bits per heavy atom. The molecule has 0 atom stereocenters. The predicted octanol–water partition coefficient (Wildman–Crippen LogP) is 4.21. The number of halogens is 1. The van der Waals surface area contributed by atoms with Crippen LogP contribution in [-0.4, -0.2) is 37.0 Å². The van der Waals surface area contributed by atoms with Gasteiger partial charge in [0, 0.05) is 36.8 Å². The first-order valence-electron chi connectivity index (χ1n) is 8.48. The highest BCUT2D eigenvalue weighted by molar-refractivity contribution is 6.30. The molecular weight excluding hydrogens is 384 g/mol. The number of esters is 1. The summed E-state index contributed by atoms with van der Waals surface area (Å²) in [5.41, 5.74) is 0.866. The van der Waals surface area contributed by atoms with E-state index in [0.717, 1.165) is 0 Å². The lowest BCUT2D eigenvalue weighted by molar-refractivity contribution is -0.118. The minimum atomic E-state index is -0.617. The first-order valence-corrected chi connectivity index (χ1v) is 8.86. The third kappa shape index (κ3) is 5.99. The normalized spacial score (nSPS) is 10.4. The van der Waals surface area contributed by atoms with Gasteiger partial charge in [0.2, 0.25) is 5.91 Å². The van der Waals surface area contributed by atoms with Crippen LogP contribution in [0.3, 0.4) is 0 Å². The van der Waals surface area contributed by atoms with Crippen LogP contribution >= 0.6 is 11.6 Å². The molecule has 0 fully saturated rings. The van der Waals surface area contributed by atoms with E-state index in [1.807, 2.05) is 0 Å². The molecule has 1 N–H and O–H groups in total. The molecule has 0 aliphatic heterocycles. The molecule has 0 spiro atoms. The van der Waals surface area contributed by atoms with Crippen molar-refractivity contribution >= 4 is 35.3 Å². The van der Waals surface area contributed by atoms with Crippen LogP contribution in [0.15, 0.2) is 42.5 Å². The number of benzene rings is 2. The Balaban J connectivity index is 2.09. The number of amides is 2. The fourth-order valence-electron chi connectivity index (χ4n) is 1.99. The summed E-state index contributed by atoms with van der Waals surface area (Å²) in [7, 11) is 3.09. The van der Waals surface area contributed by atoms with Gasteiger partial charge in [-0.15, -0.1) is 0 Å². The van der Waals surface area contributed by atoms with E-state index in [4.69, 9.17) is 21.1 Å². The topological polar surface area (TPSA) is 84.9 Å². The molecule has 28 heavy (non-hydrogen) atoms. The lowest BCUT2D eigenvalue weighted by atomic mass is 10.1. The van der Waals surface area contributed by atoms with Crippen molar-refractivity contribution in [3.8, 4) is 11.5 Å². The molecular formula is C20H21ClN2O5. The summed E-state index contributed by atoms with van der Waals surface area (Å²) in [6.07, 6.45) is -0.585. The summed E-state index contributed by atoms with van der Waals surface area (Å²) in [5, 5.41) is 2.99. The second kappa shape index (κ2) is 9.23. The van der Waals surface area contributed by atoms with Crippen LogP contribution in [0, 0.1) is 5.92 Å². The number of rotatable bonds is 5. The minimum Gasteiger partial charge on any atom is -0.423 e. The lowest BCUT2D eigenvalue weighted by Gasteiger charge is -2.12. The first-order chi connectivity index (χ1) is 13.2. The van der Waals surface area contributed by atoms with Gasteiger partial charge in [-0.05, 0) is 36.4 Å². The fraction of sp³-hybridized carbons (Fsp3) is 0.250. The molecule has 0 radical (unpaired) electrons. The average Bonchev–Trinajstić information content (AvgIpc) is 2.61. The predicted molar refractivity (Wildman–Crippen MR) is 106 cm³/mol. The Bertz CT molecular complexity index is 879. The number of nitrogens with zero attached hydrogens (tertiary/aromatic N) is 1. The van der Waals surface area contributed by atoms with Crippen molar-refractivity contribution in [3.63, 3.8) is 0 Å². The molecule has 0 heterocycles. The second-order valence-corrected chi connectivity index (χ2v) is 6.93. The molecule has 2 aromatic carbocycles. The molecule has 0 unspecified atom stereocenters. The van der Waals surface area contributed by atoms with Crippen LogP contribution in [0.5, 0.6) is 11.5 Å². The zero-order chi connectivity index (χ0) is 20.8. The van der Waals surface area contributed by atoms with Gasteiger partial charge in [0.05, 0.1) is 5.56 Å². The SMILES string of the molecule is CC(C)C(=O)Nc1ccc(C(=O)Oc2cc(Cl)cc(OC(=O)N(C)C)c2)cc1. The van der Waals surface area contributed by atoms with Gasteiger partial charge < -0.3 is 19.7 Å². The van der Waals surface area contributed by atoms with Gasteiger partial charge in [-0.3, -0.25) is 4.79 Å². The van der Waals surface area contributed by atoms with Gasteiger partial charge in [-0.1, -0.05) is 25.4 Å². The molecule has 0 aliphatic rings. The van der Waals surface area contributed by atoms with Crippen LogP contribution < -0.4 is 14.8 Å². The van der Waals surface area contributed by atoms with E-state index in [-0.39, 0.29) is 33.9 Å². The monoisotopic (exact) mass is 404 g/mol. The third-order valence-corrected chi connectivity index (χ3v) is 3.76. The van der Waals surface area contributed by atoms with Gasteiger partial charge >= 0.3 is 12.1 Å². The van der Waals surface area contributed by atoms with Gasteiger partial charge in [-0.2, -0.15) is 0 Å². The largest absolute Gasteiger partial charge is 0.423 e. The summed E-state index contributed by atoms with van der Waals surface area (Å²) in [5.74, 6) is -0.594. The van der Waals surface area contributed by atoms with Crippen molar-refractivity contribution < 1.29 is 23.9 Å². The van der Waals surface area contributed by atoms with E-state index in [0.29, 0.717) is 5.69 Å². The maximum atomic E-state index is 12.3.